The van der Waals surface area contributed by atoms with Gasteiger partial charge >= 0.3 is 0 Å². The number of halogens is 2. The van der Waals surface area contributed by atoms with Crippen LogP contribution >= 0.6 is 0 Å². The van der Waals surface area contributed by atoms with Crippen LogP contribution in [-0.4, -0.2) is 241 Å². The molecular weight excluding hydrogens is 1760 g/mol. The fraction of sp³-hybridized carbons (Fsp3) is 0.360. The van der Waals surface area contributed by atoms with Gasteiger partial charge in [-0.2, -0.15) is 40.8 Å². The molecule has 138 heavy (non-hydrogen) atoms. The maximum absolute atomic E-state index is 15.7. The maximum Gasteiger partial charge on any atom is 0.245 e. The lowest BCUT2D eigenvalue weighted by Gasteiger charge is -2.31. The molecule has 24 rings (SSSR count). The Morgan fingerprint density at radius 1 is 0.304 bits per heavy atom. The summed E-state index contributed by atoms with van der Waals surface area (Å²) in [5.41, 5.74) is 24.2. The summed E-state index contributed by atoms with van der Waals surface area (Å²) in [6.07, 6.45) is 26.1. The molecule has 20 heterocycles. The zero-order valence-corrected chi connectivity index (χ0v) is 79.9. The van der Waals surface area contributed by atoms with E-state index < -0.39 is 12.1 Å². The van der Waals surface area contributed by atoms with Crippen molar-refractivity contribution in [2.75, 3.05) is 81.0 Å². The van der Waals surface area contributed by atoms with Crippen molar-refractivity contribution < 1.29 is 46.9 Å². The summed E-state index contributed by atoms with van der Waals surface area (Å²) >= 11 is 0. The van der Waals surface area contributed by atoms with Crippen LogP contribution in [0.5, 0.6) is 0 Å². The lowest BCUT2D eigenvalue weighted by atomic mass is 10.0. The molecule has 0 N–H and O–H groups in total. The molecule has 4 amide bonds. The minimum atomic E-state index is -0.431. The Morgan fingerprint density at radius 2 is 0.558 bits per heavy atom. The number of carbonyl (C=O) groups is 4. The molecule has 0 unspecified atom stereocenters. The average molecular weight is 1870 g/mol. The Labute approximate surface area is 791 Å². The minimum absolute atomic E-state index is 0.0115. The molecular formula is C100H106F2N28O8. The lowest BCUT2D eigenvalue weighted by Crippen LogP contribution is -2.39. The number of rotatable bonds is 12. The largest absolute Gasteiger partial charge is 0.377 e. The number of amides is 4. The molecule has 0 saturated heterocycles. The summed E-state index contributed by atoms with van der Waals surface area (Å²) in [6, 6.07) is 17.9. The van der Waals surface area contributed by atoms with Crippen molar-refractivity contribution in [3.8, 4) is 90.1 Å². The monoisotopic (exact) mass is 1860 g/mol. The van der Waals surface area contributed by atoms with E-state index in [2.05, 4.69) is 88.3 Å². The van der Waals surface area contributed by atoms with Crippen molar-refractivity contribution in [2.24, 2.45) is 56.4 Å². The Balaban J connectivity index is 0.000000110. The highest BCUT2D eigenvalue weighted by molar-refractivity contribution is 6.01. The van der Waals surface area contributed by atoms with Gasteiger partial charge in [0.15, 0.2) is 0 Å². The van der Waals surface area contributed by atoms with Gasteiger partial charge < -0.3 is 56.8 Å². The van der Waals surface area contributed by atoms with Crippen LogP contribution < -0.4 is 0 Å². The third-order valence-corrected chi connectivity index (χ3v) is 27.6. The number of aryl methyl sites for hydroxylation is 8. The minimum Gasteiger partial charge on any atom is -0.377 e. The topological polar surface area (TPSA) is 332 Å². The standard InChI is InChI=1S/2C25H26FN7O2.2C25H27N7O2/c2*1-14-25(34)30(2)13-21-23(28-24(33(14)21)15-5-7-35-8-6-15)17-9-18-20(10-19(17)26)32(4)29-22(18)16-11-27-31(3)12-16;2*1-15-25(33)29(2)14-21-23(27-24(32(15)21)16-7-9-34-10-8-16)17-5-6-20-19(11-17)22(28-31(20)4)18-12-26-30(3)13-18/h2*5,9-12,14H,6-8,13H2,1-4H3;2*5-7,11-13,15H,8-10,14H2,1-4H3/t2*14-;2*15-/m1010/s1. The number of ether oxygens (including phenoxy) is 4. The van der Waals surface area contributed by atoms with Crippen molar-refractivity contribution in [1.82, 2.24) is 136 Å². The second-order valence-corrected chi connectivity index (χ2v) is 36.8. The molecule has 0 spiro atoms. The van der Waals surface area contributed by atoms with Crippen molar-refractivity contribution in [3.05, 3.63) is 192 Å². The van der Waals surface area contributed by atoms with E-state index >= 15 is 8.78 Å². The number of aromatic nitrogens is 24. The van der Waals surface area contributed by atoms with E-state index in [1.54, 1.807) is 88.3 Å². The van der Waals surface area contributed by atoms with E-state index in [1.165, 1.54) is 12.1 Å². The maximum atomic E-state index is 15.7. The van der Waals surface area contributed by atoms with Crippen LogP contribution in [0.25, 0.3) is 156 Å². The second-order valence-electron chi connectivity index (χ2n) is 36.8. The molecule has 0 radical (unpaired) electrons. The van der Waals surface area contributed by atoms with Crippen molar-refractivity contribution in [1.29, 1.82) is 0 Å². The first-order valence-electron chi connectivity index (χ1n) is 46.3. The smallest absolute Gasteiger partial charge is 0.245 e. The van der Waals surface area contributed by atoms with E-state index in [-0.39, 0.29) is 47.3 Å². The van der Waals surface area contributed by atoms with E-state index in [9.17, 15) is 19.2 Å². The molecule has 36 nitrogen and oxygen atoms in total. The molecule has 12 aromatic heterocycles. The highest BCUT2D eigenvalue weighted by atomic mass is 19.1. The van der Waals surface area contributed by atoms with Crippen molar-refractivity contribution in [3.63, 3.8) is 0 Å². The van der Waals surface area contributed by atoms with Gasteiger partial charge in [-0.3, -0.25) is 56.6 Å². The predicted molar refractivity (Wildman–Crippen MR) is 515 cm³/mol. The molecule has 4 aromatic carbocycles. The summed E-state index contributed by atoms with van der Waals surface area (Å²) in [7, 11) is 22.3. The van der Waals surface area contributed by atoms with E-state index in [1.807, 2.05) is 164 Å². The predicted octanol–water partition coefficient (Wildman–Crippen LogP) is 13.0. The number of benzene rings is 4. The third-order valence-electron chi connectivity index (χ3n) is 27.6. The van der Waals surface area contributed by atoms with Crippen LogP contribution in [0.1, 0.15) is 124 Å². The van der Waals surface area contributed by atoms with Gasteiger partial charge in [0.25, 0.3) is 0 Å². The van der Waals surface area contributed by atoms with Crippen molar-refractivity contribution in [2.45, 2.75) is 104 Å². The van der Waals surface area contributed by atoms with Gasteiger partial charge in [-0.15, -0.1) is 0 Å². The van der Waals surface area contributed by atoms with Crippen LogP contribution in [0.2, 0.25) is 0 Å². The van der Waals surface area contributed by atoms with Gasteiger partial charge in [-0.1, -0.05) is 36.4 Å². The van der Waals surface area contributed by atoms with Gasteiger partial charge in [0.05, 0.1) is 171 Å². The van der Waals surface area contributed by atoms with Crippen LogP contribution in [0.3, 0.4) is 0 Å². The number of carbonyl (C=O) groups excluding carboxylic acids is 4. The molecule has 8 aliphatic heterocycles. The number of nitrogens with zero attached hydrogens (tertiary/aromatic N) is 28. The average Bonchev–Trinajstić information content (AvgIpc) is 1.59. The van der Waals surface area contributed by atoms with Crippen molar-refractivity contribution >= 4 is 89.5 Å². The fourth-order valence-corrected chi connectivity index (χ4v) is 20.6. The van der Waals surface area contributed by atoms with Gasteiger partial charge in [0, 0.05) is 188 Å². The summed E-state index contributed by atoms with van der Waals surface area (Å²) in [6.45, 7) is 14.1. The SMILES string of the molecule is C[C@@H]1C(=O)N(C)Cc2c(-c3cc4c(-c5cnn(C)c5)nn(C)c4cc3F)nc(C3=CCOCC3)n21.C[C@@H]1C(=O)N(C)Cc2c(-c3ccc4c(c3)c(-c3cnn(C)c3)nn4C)nc(C3=CCOCC3)n21.C[C@H]1C(=O)N(C)Cc2c(-c3cc4c(-c5cnn(C)c5)nn(C)c4cc3F)nc(C3=CCOCC3)n21.C[C@H]1C(=O)N(C)Cc2c(-c3ccc4c(c3)c(-c3cnn(C)c3)nn4C)nc(C3=CCOCC3)n21. The van der Waals surface area contributed by atoms with Crippen LogP contribution in [-0.2, 0) is 121 Å². The molecule has 708 valence electrons. The highest BCUT2D eigenvalue weighted by Crippen LogP contribution is 2.46. The second kappa shape index (κ2) is 35.3. The fourth-order valence-electron chi connectivity index (χ4n) is 20.6. The molecule has 0 bridgehead atoms. The molecule has 16 aromatic rings. The summed E-state index contributed by atoms with van der Waals surface area (Å²) in [5.74, 6) is 2.66. The zero-order valence-electron chi connectivity index (χ0n) is 79.9. The zero-order chi connectivity index (χ0) is 96.0. The Hall–Kier alpha value is -15.0. The summed E-state index contributed by atoms with van der Waals surface area (Å²) in [4.78, 5) is 78.6. The molecule has 0 saturated carbocycles. The summed E-state index contributed by atoms with van der Waals surface area (Å²) in [5, 5.41) is 39.8. The van der Waals surface area contributed by atoms with E-state index in [0.717, 1.165) is 170 Å². The quantitative estimate of drug-likeness (QED) is 0.110. The number of hydrogen-bond acceptors (Lipinski definition) is 20. The lowest BCUT2D eigenvalue weighted by molar-refractivity contribution is -0.135. The van der Waals surface area contributed by atoms with Crippen LogP contribution in [0, 0.1) is 11.6 Å². The van der Waals surface area contributed by atoms with E-state index in [4.69, 9.17) is 49.1 Å². The first-order valence-corrected chi connectivity index (χ1v) is 46.3. The van der Waals surface area contributed by atoms with E-state index in [0.29, 0.717) is 137 Å². The summed E-state index contributed by atoms with van der Waals surface area (Å²) < 4.78 is 75.7. The first kappa shape index (κ1) is 89.5. The van der Waals surface area contributed by atoms with Crippen LogP contribution in [0.15, 0.2) is 135 Å². The molecule has 0 aliphatic carbocycles. The number of imidazole rings is 4. The normalized spacial score (nSPS) is 18.4. The number of likely N-dealkylation sites (N-methyl/N-ethyl adjacent to an activating group) is 4. The van der Waals surface area contributed by atoms with Gasteiger partial charge in [-0.05, 0) is 112 Å². The molecule has 4 atom stereocenters. The Morgan fingerprint density at radius 3 is 0.812 bits per heavy atom. The Kier molecular flexibility index (Phi) is 22.9. The van der Waals surface area contributed by atoms with Crippen LogP contribution in [0.4, 0.5) is 8.78 Å². The number of hydrogen-bond donors (Lipinski definition) is 0. The molecule has 0 fully saturated rings. The van der Waals surface area contributed by atoms with Gasteiger partial charge in [0.1, 0.15) is 81.9 Å². The number of fused-ring (bicyclic) bond motifs is 8. The van der Waals surface area contributed by atoms with Gasteiger partial charge in [-0.25, -0.2) is 28.7 Å². The Bertz CT molecular complexity index is 7350. The van der Waals surface area contributed by atoms with Gasteiger partial charge in [0.2, 0.25) is 23.6 Å². The first-order chi connectivity index (χ1) is 66.5. The molecule has 8 aliphatic rings. The highest BCUT2D eigenvalue weighted by Gasteiger charge is 2.41. The third kappa shape index (κ3) is 15.5. The molecule has 38 heteroatoms.